The highest BCUT2D eigenvalue weighted by atomic mass is 19.1. The van der Waals surface area contributed by atoms with Crippen molar-refractivity contribution in [3.05, 3.63) is 35.1 Å². The van der Waals surface area contributed by atoms with Crippen LogP contribution in [0.3, 0.4) is 0 Å². The quantitative estimate of drug-likeness (QED) is 0.888. The van der Waals surface area contributed by atoms with Crippen molar-refractivity contribution in [1.29, 1.82) is 5.26 Å². The summed E-state index contributed by atoms with van der Waals surface area (Å²) >= 11 is 0. The van der Waals surface area contributed by atoms with Gasteiger partial charge in [-0.25, -0.2) is 4.39 Å². The first-order valence-corrected chi connectivity index (χ1v) is 6.26. The second-order valence-electron chi connectivity index (χ2n) is 4.63. The Labute approximate surface area is 107 Å². The van der Waals surface area contributed by atoms with Crippen LogP contribution in [-0.2, 0) is 11.3 Å². The molecule has 2 rings (SSSR count). The van der Waals surface area contributed by atoms with Crippen molar-refractivity contribution < 1.29 is 9.13 Å². The molecule has 0 aromatic heterocycles. The van der Waals surface area contributed by atoms with Crippen LogP contribution in [0.2, 0.25) is 0 Å². The van der Waals surface area contributed by atoms with Crippen LogP contribution in [0.15, 0.2) is 18.2 Å². The number of hydrogen-bond acceptors (Lipinski definition) is 3. The molecular weight excluding hydrogens is 231 g/mol. The lowest BCUT2D eigenvalue weighted by Gasteiger charge is -2.22. The summed E-state index contributed by atoms with van der Waals surface area (Å²) in [6, 6.07) is 6.51. The number of benzene rings is 1. The van der Waals surface area contributed by atoms with Crippen LogP contribution in [0.1, 0.15) is 24.0 Å². The Hall–Kier alpha value is -1.44. The smallest absolute Gasteiger partial charge is 0.129 e. The zero-order valence-electron chi connectivity index (χ0n) is 10.3. The first-order chi connectivity index (χ1) is 8.79. The van der Waals surface area contributed by atoms with Crippen molar-refractivity contribution in [3.8, 4) is 6.07 Å². The first-order valence-electron chi connectivity index (χ1n) is 6.26. The van der Waals surface area contributed by atoms with Gasteiger partial charge in [0.2, 0.25) is 0 Å². The maximum atomic E-state index is 13.6. The summed E-state index contributed by atoms with van der Waals surface area (Å²) in [4.78, 5) is 0. The fourth-order valence-corrected chi connectivity index (χ4v) is 2.14. The molecule has 96 valence electrons. The van der Waals surface area contributed by atoms with E-state index in [1.807, 2.05) is 6.07 Å². The normalized spacial score (nSPS) is 19.4. The molecule has 4 heteroatoms. The van der Waals surface area contributed by atoms with Gasteiger partial charge in [0.05, 0.1) is 18.2 Å². The average Bonchev–Trinajstić information content (AvgIpc) is 2.42. The highest BCUT2D eigenvalue weighted by molar-refractivity contribution is 5.32. The average molecular weight is 248 g/mol. The standard InChI is InChI=1S/C14H17FN2O/c15-14-6-11(7-16)3-4-13(14)9-17-8-12-2-1-5-18-10-12/h3-4,6,12,17H,1-2,5,8-10H2. The van der Waals surface area contributed by atoms with Gasteiger partial charge in [0, 0.05) is 25.3 Å². The third kappa shape index (κ3) is 3.52. The zero-order valence-corrected chi connectivity index (χ0v) is 10.3. The van der Waals surface area contributed by atoms with Crippen LogP contribution < -0.4 is 5.32 Å². The van der Waals surface area contributed by atoms with Gasteiger partial charge in [-0.1, -0.05) is 6.07 Å². The van der Waals surface area contributed by atoms with E-state index in [0.29, 0.717) is 23.6 Å². The Kier molecular flexibility index (Phi) is 4.68. The summed E-state index contributed by atoms with van der Waals surface area (Å²) in [7, 11) is 0. The first kappa shape index (κ1) is 13.0. The van der Waals surface area contributed by atoms with Gasteiger partial charge in [0.25, 0.3) is 0 Å². The fourth-order valence-electron chi connectivity index (χ4n) is 2.14. The maximum Gasteiger partial charge on any atom is 0.129 e. The predicted octanol–water partition coefficient (Wildman–Crippen LogP) is 2.21. The summed E-state index contributed by atoms with van der Waals surface area (Å²) in [6.45, 7) is 3.00. The molecule has 0 radical (unpaired) electrons. The molecule has 0 saturated carbocycles. The van der Waals surface area contributed by atoms with E-state index in [9.17, 15) is 4.39 Å². The van der Waals surface area contributed by atoms with Gasteiger partial charge in [0.1, 0.15) is 5.82 Å². The molecule has 1 N–H and O–H groups in total. The van der Waals surface area contributed by atoms with Crippen molar-refractivity contribution in [3.63, 3.8) is 0 Å². The van der Waals surface area contributed by atoms with Gasteiger partial charge >= 0.3 is 0 Å². The zero-order chi connectivity index (χ0) is 12.8. The van der Waals surface area contributed by atoms with Crippen LogP contribution in [0.5, 0.6) is 0 Å². The molecule has 1 aromatic rings. The highest BCUT2D eigenvalue weighted by Crippen LogP contribution is 2.13. The number of halogens is 1. The number of rotatable bonds is 4. The number of nitriles is 1. The lowest BCUT2D eigenvalue weighted by Crippen LogP contribution is -2.29. The molecule has 1 aliphatic rings. The molecule has 1 unspecified atom stereocenters. The molecule has 0 spiro atoms. The summed E-state index contributed by atoms with van der Waals surface area (Å²) in [5.41, 5.74) is 0.961. The van der Waals surface area contributed by atoms with Gasteiger partial charge in [0.15, 0.2) is 0 Å². The van der Waals surface area contributed by atoms with E-state index < -0.39 is 0 Å². The van der Waals surface area contributed by atoms with Gasteiger partial charge in [-0.05, 0) is 30.9 Å². The van der Waals surface area contributed by atoms with Gasteiger partial charge in [-0.3, -0.25) is 0 Å². The molecule has 1 aromatic carbocycles. The van der Waals surface area contributed by atoms with E-state index in [-0.39, 0.29) is 5.82 Å². The maximum absolute atomic E-state index is 13.6. The second-order valence-corrected chi connectivity index (χ2v) is 4.63. The number of nitrogens with one attached hydrogen (secondary N) is 1. The minimum atomic E-state index is -0.318. The van der Waals surface area contributed by atoms with E-state index in [2.05, 4.69) is 5.32 Å². The fraction of sp³-hybridized carbons (Fsp3) is 0.500. The summed E-state index contributed by atoms with van der Waals surface area (Å²) in [6.07, 6.45) is 2.28. The van der Waals surface area contributed by atoms with E-state index in [0.717, 1.165) is 26.2 Å². The van der Waals surface area contributed by atoms with Gasteiger partial charge in [-0.15, -0.1) is 0 Å². The van der Waals surface area contributed by atoms with E-state index >= 15 is 0 Å². The van der Waals surface area contributed by atoms with Crippen LogP contribution in [0, 0.1) is 23.1 Å². The summed E-state index contributed by atoms with van der Waals surface area (Å²) in [5, 5.41) is 11.9. The van der Waals surface area contributed by atoms with Crippen LogP contribution in [-0.4, -0.2) is 19.8 Å². The number of hydrogen-bond donors (Lipinski definition) is 1. The predicted molar refractivity (Wildman–Crippen MR) is 66.4 cm³/mol. The molecular formula is C14H17FN2O. The molecule has 1 heterocycles. The lowest BCUT2D eigenvalue weighted by atomic mass is 10.0. The Bertz CT molecular complexity index is 436. The topological polar surface area (TPSA) is 45.0 Å². The van der Waals surface area contributed by atoms with E-state index in [1.54, 1.807) is 12.1 Å². The molecule has 18 heavy (non-hydrogen) atoms. The third-order valence-electron chi connectivity index (χ3n) is 3.19. The SMILES string of the molecule is N#Cc1ccc(CNCC2CCCOC2)c(F)c1. The Balaban J connectivity index is 1.81. The second kappa shape index (κ2) is 6.48. The monoisotopic (exact) mass is 248 g/mol. The number of nitrogens with zero attached hydrogens (tertiary/aromatic N) is 1. The van der Waals surface area contributed by atoms with Crippen molar-refractivity contribution in [2.24, 2.45) is 5.92 Å². The van der Waals surface area contributed by atoms with Crippen LogP contribution >= 0.6 is 0 Å². The minimum Gasteiger partial charge on any atom is -0.381 e. The van der Waals surface area contributed by atoms with Crippen molar-refractivity contribution in [2.75, 3.05) is 19.8 Å². The minimum absolute atomic E-state index is 0.318. The Morgan fingerprint density at radius 2 is 2.39 bits per heavy atom. The molecule has 1 fully saturated rings. The van der Waals surface area contributed by atoms with Crippen LogP contribution in [0.25, 0.3) is 0 Å². The highest BCUT2D eigenvalue weighted by Gasteiger charge is 2.13. The third-order valence-corrected chi connectivity index (χ3v) is 3.19. The molecule has 1 aliphatic heterocycles. The lowest BCUT2D eigenvalue weighted by molar-refractivity contribution is 0.0547. The van der Waals surface area contributed by atoms with Crippen molar-refractivity contribution in [2.45, 2.75) is 19.4 Å². The molecule has 1 atom stereocenters. The molecule has 0 aliphatic carbocycles. The summed E-state index contributed by atoms with van der Waals surface area (Å²) in [5.74, 6) is 0.210. The van der Waals surface area contributed by atoms with Gasteiger partial charge in [-0.2, -0.15) is 5.26 Å². The largest absolute Gasteiger partial charge is 0.381 e. The molecule has 3 nitrogen and oxygen atoms in total. The van der Waals surface area contributed by atoms with E-state index in [1.165, 1.54) is 12.5 Å². The Morgan fingerprint density at radius 1 is 1.50 bits per heavy atom. The van der Waals surface area contributed by atoms with Crippen molar-refractivity contribution >= 4 is 0 Å². The van der Waals surface area contributed by atoms with E-state index in [4.69, 9.17) is 10.00 Å². The Morgan fingerprint density at radius 3 is 3.06 bits per heavy atom. The molecule has 1 saturated heterocycles. The van der Waals surface area contributed by atoms with Gasteiger partial charge < -0.3 is 10.1 Å². The van der Waals surface area contributed by atoms with Crippen molar-refractivity contribution in [1.82, 2.24) is 5.32 Å². The molecule has 0 amide bonds. The number of ether oxygens (including phenoxy) is 1. The van der Waals surface area contributed by atoms with Crippen LogP contribution in [0.4, 0.5) is 4.39 Å². The molecule has 0 bridgehead atoms. The summed E-state index contributed by atoms with van der Waals surface area (Å²) < 4.78 is 19.0.